The predicted octanol–water partition coefficient (Wildman–Crippen LogP) is 2.06. The van der Waals surface area contributed by atoms with Crippen molar-refractivity contribution in [1.82, 2.24) is 25.0 Å². The Hall–Kier alpha value is -1.63. The van der Waals surface area contributed by atoms with E-state index in [1.807, 2.05) is 4.90 Å². The fraction of sp³-hybridized carbons (Fsp3) is 0.824. The summed E-state index contributed by atoms with van der Waals surface area (Å²) >= 11 is 0. The van der Waals surface area contributed by atoms with Crippen LogP contribution in [0.2, 0.25) is 0 Å². The molecule has 0 saturated heterocycles. The Morgan fingerprint density at radius 2 is 1.96 bits per heavy atom. The quantitative estimate of drug-likeness (QED) is 0.898. The Morgan fingerprint density at radius 3 is 2.67 bits per heavy atom. The largest absolute Gasteiger partial charge is 0.379 e. The van der Waals surface area contributed by atoms with Crippen molar-refractivity contribution in [2.24, 2.45) is 0 Å². The van der Waals surface area contributed by atoms with Crippen LogP contribution in [0.25, 0.3) is 0 Å². The molecule has 7 heteroatoms. The first-order valence-corrected chi connectivity index (χ1v) is 8.91. The van der Waals surface area contributed by atoms with E-state index in [0.717, 1.165) is 37.5 Å². The lowest BCUT2D eigenvalue weighted by Gasteiger charge is -2.34. The van der Waals surface area contributed by atoms with Gasteiger partial charge in [-0.25, -0.2) is 4.79 Å². The summed E-state index contributed by atoms with van der Waals surface area (Å²) in [6.07, 6.45) is 4.46. The molecule has 1 aliphatic carbocycles. The number of methoxy groups -OCH3 is 1. The molecule has 1 aliphatic heterocycles. The number of rotatable bonds is 2. The van der Waals surface area contributed by atoms with Gasteiger partial charge in [-0.1, -0.05) is 33.6 Å². The minimum atomic E-state index is -0.0382. The summed E-state index contributed by atoms with van der Waals surface area (Å²) < 4.78 is 7.68. The van der Waals surface area contributed by atoms with Gasteiger partial charge >= 0.3 is 6.03 Å². The zero-order valence-corrected chi connectivity index (χ0v) is 15.2. The third-order valence-corrected chi connectivity index (χ3v) is 5.03. The van der Waals surface area contributed by atoms with Crippen LogP contribution >= 0.6 is 0 Å². The van der Waals surface area contributed by atoms with Gasteiger partial charge in [0.05, 0.1) is 18.7 Å². The van der Waals surface area contributed by atoms with Gasteiger partial charge in [-0.3, -0.25) is 0 Å². The Morgan fingerprint density at radius 1 is 1.21 bits per heavy atom. The van der Waals surface area contributed by atoms with E-state index in [0.29, 0.717) is 13.1 Å². The lowest BCUT2D eigenvalue weighted by atomic mass is 9.92. The topological polar surface area (TPSA) is 72.3 Å². The highest BCUT2D eigenvalue weighted by Gasteiger charge is 2.31. The number of fused-ring (bicyclic) bond motifs is 1. The second-order valence-electron chi connectivity index (χ2n) is 7.88. The fourth-order valence-electron chi connectivity index (χ4n) is 3.68. The van der Waals surface area contributed by atoms with E-state index >= 15 is 0 Å². The van der Waals surface area contributed by atoms with Crippen molar-refractivity contribution in [3.8, 4) is 0 Å². The number of urea groups is 1. The van der Waals surface area contributed by atoms with E-state index in [1.165, 1.54) is 6.42 Å². The molecule has 0 radical (unpaired) electrons. The lowest BCUT2D eigenvalue weighted by Crippen LogP contribution is -2.52. The van der Waals surface area contributed by atoms with Crippen molar-refractivity contribution in [1.29, 1.82) is 0 Å². The highest BCUT2D eigenvalue weighted by atomic mass is 16.5. The monoisotopic (exact) mass is 335 g/mol. The van der Waals surface area contributed by atoms with Crippen LogP contribution in [-0.4, -0.2) is 51.5 Å². The molecule has 0 unspecified atom stereocenters. The van der Waals surface area contributed by atoms with E-state index in [-0.39, 0.29) is 23.6 Å². The van der Waals surface area contributed by atoms with Crippen molar-refractivity contribution in [3.63, 3.8) is 0 Å². The van der Waals surface area contributed by atoms with Gasteiger partial charge in [0.1, 0.15) is 5.82 Å². The number of carbonyl (C=O) groups excluding carboxylic acids is 1. The number of nitrogens with one attached hydrogen (secondary N) is 1. The van der Waals surface area contributed by atoms with E-state index in [2.05, 4.69) is 40.9 Å². The molecule has 24 heavy (non-hydrogen) atoms. The Bertz CT molecular complexity index is 592. The minimum Gasteiger partial charge on any atom is -0.379 e. The average Bonchev–Trinajstić information content (AvgIpc) is 2.98. The van der Waals surface area contributed by atoms with E-state index in [4.69, 9.17) is 4.74 Å². The molecule has 1 aromatic rings. The van der Waals surface area contributed by atoms with Gasteiger partial charge in [0.2, 0.25) is 0 Å². The highest BCUT2D eigenvalue weighted by Crippen LogP contribution is 2.24. The number of aromatic nitrogens is 3. The molecule has 0 spiro atoms. The first-order valence-electron chi connectivity index (χ1n) is 8.91. The minimum absolute atomic E-state index is 0.0180. The number of nitrogens with zero attached hydrogens (tertiary/aromatic N) is 4. The average molecular weight is 335 g/mol. The zero-order chi connectivity index (χ0) is 17.3. The van der Waals surface area contributed by atoms with Gasteiger partial charge in [0.15, 0.2) is 5.82 Å². The molecule has 3 rings (SSSR count). The van der Waals surface area contributed by atoms with Crippen LogP contribution in [0.1, 0.15) is 58.1 Å². The van der Waals surface area contributed by atoms with Crippen molar-refractivity contribution in [2.75, 3.05) is 13.7 Å². The normalized spacial score (nSPS) is 24.6. The molecule has 2 amide bonds. The number of amides is 2. The van der Waals surface area contributed by atoms with Crippen LogP contribution in [0.3, 0.4) is 0 Å². The van der Waals surface area contributed by atoms with Crippen LogP contribution in [0.5, 0.6) is 0 Å². The Balaban J connectivity index is 1.65. The molecule has 2 atom stereocenters. The first-order chi connectivity index (χ1) is 11.4. The van der Waals surface area contributed by atoms with Crippen LogP contribution < -0.4 is 5.32 Å². The summed E-state index contributed by atoms with van der Waals surface area (Å²) in [4.78, 5) is 14.5. The van der Waals surface area contributed by atoms with Gasteiger partial charge < -0.3 is 19.5 Å². The second kappa shape index (κ2) is 6.70. The molecule has 1 fully saturated rings. The fourth-order valence-corrected chi connectivity index (χ4v) is 3.68. The zero-order valence-electron chi connectivity index (χ0n) is 15.2. The number of hydrogen-bond acceptors (Lipinski definition) is 4. The number of ether oxygens (including phenoxy) is 1. The van der Waals surface area contributed by atoms with Gasteiger partial charge in [-0.2, -0.15) is 0 Å². The summed E-state index contributed by atoms with van der Waals surface area (Å²) in [5, 5.41) is 11.8. The standard InChI is InChI=1S/C17H29N5O2/c1-17(2,3)15-20-19-14-11-21(9-10-22(14)15)16(23)18-12-7-5-6-8-13(12)24-4/h12-13H,5-11H2,1-4H3,(H,18,23)/t12-,13-/m0/s1. The van der Waals surface area contributed by atoms with Crippen LogP contribution in [0.4, 0.5) is 4.79 Å². The maximum absolute atomic E-state index is 12.6. The molecule has 1 saturated carbocycles. The van der Waals surface area contributed by atoms with E-state index < -0.39 is 0 Å². The van der Waals surface area contributed by atoms with Gasteiger partial charge in [-0.05, 0) is 12.8 Å². The van der Waals surface area contributed by atoms with E-state index in [9.17, 15) is 4.79 Å². The summed E-state index contributed by atoms with van der Waals surface area (Å²) in [5.74, 6) is 1.86. The molecular weight excluding hydrogens is 306 g/mol. The summed E-state index contributed by atoms with van der Waals surface area (Å²) in [6.45, 7) is 8.36. The van der Waals surface area contributed by atoms with Crippen LogP contribution in [0.15, 0.2) is 0 Å². The van der Waals surface area contributed by atoms with Crippen molar-refractivity contribution >= 4 is 6.03 Å². The highest BCUT2D eigenvalue weighted by molar-refractivity contribution is 5.74. The number of hydrogen-bond donors (Lipinski definition) is 1. The summed E-state index contributed by atoms with van der Waals surface area (Å²) in [7, 11) is 1.73. The van der Waals surface area contributed by atoms with Crippen molar-refractivity contribution < 1.29 is 9.53 Å². The Kier molecular flexibility index (Phi) is 4.80. The molecule has 0 aromatic carbocycles. The maximum atomic E-state index is 12.6. The van der Waals surface area contributed by atoms with Gasteiger partial charge in [-0.15, -0.1) is 10.2 Å². The first kappa shape index (κ1) is 17.2. The number of carbonyl (C=O) groups is 1. The molecule has 1 aromatic heterocycles. The van der Waals surface area contributed by atoms with Crippen molar-refractivity contribution in [2.45, 2.75) is 77.1 Å². The van der Waals surface area contributed by atoms with Crippen LogP contribution in [0, 0.1) is 0 Å². The Labute approximate surface area is 143 Å². The summed E-state index contributed by atoms with van der Waals surface area (Å²) in [5.41, 5.74) is -0.0382. The third kappa shape index (κ3) is 3.41. The van der Waals surface area contributed by atoms with Gasteiger partial charge in [0.25, 0.3) is 0 Å². The van der Waals surface area contributed by atoms with Gasteiger partial charge in [0, 0.05) is 25.6 Å². The molecule has 2 aliphatic rings. The predicted molar refractivity (Wildman–Crippen MR) is 90.7 cm³/mol. The molecular formula is C17H29N5O2. The SMILES string of the molecule is CO[C@H]1CCCC[C@@H]1NC(=O)N1CCn2c(nnc2C(C)(C)C)C1. The second-order valence-corrected chi connectivity index (χ2v) is 7.88. The molecule has 7 nitrogen and oxygen atoms in total. The molecule has 134 valence electrons. The van der Waals surface area contributed by atoms with E-state index in [1.54, 1.807) is 7.11 Å². The molecule has 1 N–H and O–H groups in total. The molecule has 2 heterocycles. The maximum Gasteiger partial charge on any atom is 0.318 e. The van der Waals surface area contributed by atoms with Crippen LogP contribution in [-0.2, 0) is 23.2 Å². The third-order valence-electron chi connectivity index (χ3n) is 5.03. The smallest absolute Gasteiger partial charge is 0.318 e. The lowest BCUT2D eigenvalue weighted by molar-refractivity contribution is 0.0425. The molecule has 0 bridgehead atoms. The summed E-state index contributed by atoms with van der Waals surface area (Å²) in [6, 6.07) is 0.0942. The van der Waals surface area contributed by atoms with Crippen molar-refractivity contribution in [3.05, 3.63) is 11.6 Å².